The number of nitrogens with zero attached hydrogens (tertiary/aromatic N) is 2. The molecule has 1 aromatic heterocycles. The van der Waals surface area contributed by atoms with Crippen molar-refractivity contribution in [1.29, 1.82) is 0 Å². The summed E-state index contributed by atoms with van der Waals surface area (Å²) in [5, 5.41) is 20.2. The molecule has 4 aromatic rings. The maximum Gasteiger partial charge on any atom is 0.291 e. The van der Waals surface area contributed by atoms with Crippen molar-refractivity contribution < 1.29 is 18.9 Å². The molecule has 0 atom stereocenters. The summed E-state index contributed by atoms with van der Waals surface area (Å²) >= 11 is 5.83. The van der Waals surface area contributed by atoms with Crippen molar-refractivity contribution in [2.45, 2.75) is 26.2 Å². The zero-order valence-corrected chi connectivity index (χ0v) is 20.5. The van der Waals surface area contributed by atoms with Gasteiger partial charge >= 0.3 is 0 Å². The number of carbonyl (C=O) groups is 2. The van der Waals surface area contributed by atoms with Crippen LogP contribution >= 0.6 is 11.6 Å². The van der Waals surface area contributed by atoms with Crippen LogP contribution in [0.5, 0.6) is 0 Å². The van der Waals surface area contributed by atoms with Gasteiger partial charge in [0.2, 0.25) is 0 Å². The first-order valence-electron chi connectivity index (χ1n) is 11.6. The molecule has 0 radical (unpaired) electrons. The highest BCUT2D eigenvalue weighted by Crippen LogP contribution is 2.31. The van der Waals surface area contributed by atoms with E-state index >= 15 is 0 Å². The highest BCUT2D eigenvalue weighted by Gasteiger charge is 2.28. The van der Waals surface area contributed by atoms with Crippen LogP contribution in [0.4, 0.5) is 11.4 Å². The zero-order valence-electron chi connectivity index (χ0n) is 19.7. The summed E-state index contributed by atoms with van der Waals surface area (Å²) in [5.74, 6) is -0.177. The Labute approximate surface area is 216 Å². The molecule has 0 saturated carbocycles. The molecule has 10 heteroatoms. The van der Waals surface area contributed by atoms with E-state index in [-0.39, 0.29) is 27.9 Å². The number of carbonyl (C=O) groups excluding carboxylic acids is 2. The largest absolute Gasteiger partial charge is 0.455 e. The Kier molecular flexibility index (Phi) is 6.45. The summed E-state index contributed by atoms with van der Waals surface area (Å²) in [6.07, 6.45) is 1.93. The molecule has 0 fully saturated rings. The van der Waals surface area contributed by atoms with Gasteiger partial charge in [-0.3, -0.25) is 19.7 Å². The second-order valence-corrected chi connectivity index (χ2v) is 9.02. The number of fused-ring (bicyclic) bond motifs is 2. The van der Waals surface area contributed by atoms with Crippen LogP contribution in [0.3, 0.4) is 0 Å². The van der Waals surface area contributed by atoms with Crippen LogP contribution in [0.1, 0.15) is 50.6 Å². The lowest BCUT2D eigenvalue weighted by molar-refractivity contribution is -0.384. The van der Waals surface area contributed by atoms with E-state index in [1.54, 1.807) is 6.92 Å². The topological polar surface area (TPSA) is 127 Å². The van der Waals surface area contributed by atoms with Gasteiger partial charge in [-0.1, -0.05) is 48.0 Å². The molecule has 2 amide bonds. The molecule has 1 aliphatic carbocycles. The summed E-state index contributed by atoms with van der Waals surface area (Å²) in [5.41, 5.74) is 4.71. The summed E-state index contributed by atoms with van der Waals surface area (Å²) in [4.78, 5) is 36.3. The van der Waals surface area contributed by atoms with Crippen molar-refractivity contribution in [3.05, 3.63) is 104 Å². The minimum absolute atomic E-state index is 0.0514. The summed E-state index contributed by atoms with van der Waals surface area (Å²) < 4.78 is 5.96. The molecule has 1 heterocycles. The zero-order chi connectivity index (χ0) is 26.1. The molecule has 3 aromatic carbocycles. The predicted octanol–water partition coefficient (Wildman–Crippen LogP) is 6.03. The Morgan fingerprint density at radius 3 is 2.65 bits per heavy atom. The average Bonchev–Trinajstić information content (AvgIpc) is 3.24. The van der Waals surface area contributed by atoms with Crippen LogP contribution < -0.4 is 10.7 Å². The second kappa shape index (κ2) is 9.87. The van der Waals surface area contributed by atoms with Crippen molar-refractivity contribution in [2.24, 2.45) is 5.10 Å². The number of anilines is 1. The van der Waals surface area contributed by atoms with Crippen molar-refractivity contribution in [2.75, 3.05) is 5.32 Å². The molecule has 1 aliphatic rings. The Hall–Kier alpha value is -4.50. The molecule has 0 bridgehead atoms. The lowest BCUT2D eigenvalue weighted by Gasteiger charge is -2.13. The Morgan fingerprint density at radius 1 is 1.05 bits per heavy atom. The SMILES string of the molecule is Cc1c(C(=O)Nc2cccc3ccccc23)oc2c1/C(=N/NC(=O)c1ccc(Cl)c([N+](=O)[O-])c1)CCC2. The second-order valence-electron chi connectivity index (χ2n) is 8.61. The molecule has 0 aliphatic heterocycles. The Bertz CT molecular complexity index is 1600. The number of halogens is 1. The molecule has 9 nitrogen and oxygen atoms in total. The average molecular weight is 517 g/mol. The van der Waals surface area contributed by atoms with Crippen molar-refractivity contribution >= 4 is 51.3 Å². The summed E-state index contributed by atoms with van der Waals surface area (Å²) in [6.45, 7) is 1.78. The fraction of sp³-hybridized carbons (Fsp3) is 0.148. The number of aryl methyl sites for hydroxylation is 1. The van der Waals surface area contributed by atoms with Gasteiger partial charge in [0, 0.05) is 40.3 Å². The van der Waals surface area contributed by atoms with Gasteiger partial charge in [0.05, 0.1) is 10.6 Å². The van der Waals surface area contributed by atoms with Gasteiger partial charge in [-0.15, -0.1) is 0 Å². The lowest BCUT2D eigenvalue weighted by atomic mass is 9.93. The first-order valence-corrected chi connectivity index (χ1v) is 11.9. The monoisotopic (exact) mass is 516 g/mol. The maximum absolute atomic E-state index is 13.2. The number of amides is 2. The minimum atomic E-state index is -0.655. The number of benzene rings is 3. The number of nitro benzene ring substituents is 1. The fourth-order valence-corrected chi connectivity index (χ4v) is 4.67. The van der Waals surface area contributed by atoms with Gasteiger partial charge in [-0.05, 0) is 43.4 Å². The van der Waals surface area contributed by atoms with Crippen LogP contribution in [-0.4, -0.2) is 22.4 Å². The number of nitro groups is 1. The van der Waals surface area contributed by atoms with Crippen LogP contribution in [0.2, 0.25) is 5.02 Å². The molecular formula is C27H21ClN4O5. The Balaban J connectivity index is 1.40. The molecule has 186 valence electrons. The molecule has 2 N–H and O–H groups in total. The molecule has 5 rings (SSSR count). The Morgan fingerprint density at radius 2 is 1.84 bits per heavy atom. The van der Waals surface area contributed by atoms with Crippen molar-refractivity contribution in [1.82, 2.24) is 5.43 Å². The normalized spacial score (nSPS) is 13.8. The molecule has 0 saturated heterocycles. The van der Waals surface area contributed by atoms with Gasteiger partial charge in [0.1, 0.15) is 10.8 Å². The molecule has 0 spiro atoms. The van der Waals surface area contributed by atoms with E-state index < -0.39 is 10.8 Å². The first kappa shape index (κ1) is 24.2. The highest BCUT2D eigenvalue weighted by atomic mass is 35.5. The van der Waals surface area contributed by atoms with Gasteiger partial charge < -0.3 is 9.73 Å². The van der Waals surface area contributed by atoms with E-state index in [1.807, 2.05) is 42.5 Å². The van der Waals surface area contributed by atoms with E-state index in [9.17, 15) is 19.7 Å². The van der Waals surface area contributed by atoms with E-state index in [0.717, 1.165) is 23.3 Å². The van der Waals surface area contributed by atoms with Gasteiger partial charge in [0.15, 0.2) is 5.76 Å². The number of rotatable bonds is 5. The number of hydrogen-bond donors (Lipinski definition) is 2. The van der Waals surface area contributed by atoms with Gasteiger partial charge in [0.25, 0.3) is 17.5 Å². The van der Waals surface area contributed by atoms with Gasteiger partial charge in [-0.25, -0.2) is 5.43 Å². The highest BCUT2D eigenvalue weighted by molar-refractivity contribution is 6.32. The third-order valence-corrected chi connectivity index (χ3v) is 6.59. The van der Waals surface area contributed by atoms with E-state index in [1.165, 1.54) is 12.1 Å². The number of nitrogens with one attached hydrogen (secondary N) is 2. The fourth-order valence-electron chi connectivity index (χ4n) is 4.49. The molecular weight excluding hydrogens is 496 g/mol. The van der Waals surface area contributed by atoms with Crippen LogP contribution in [-0.2, 0) is 6.42 Å². The minimum Gasteiger partial charge on any atom is -0.455 e. The predicted molar refractivity (Wildman–Crippen MR) is 140 cm³/mol. The van der Waals surface area contributed by atoms with Crippen LogP contribution in [0.25, 0.3) is 10.8 Å². The van der Waals surface area contributed by atoms with Crippen LogP contribution in [0.15, 0.2) is 70.2 Å². The van der Waals surface area contributed by atoms with E-state index in [2.05, 4.69) is 15.8 Å². The quantitative estimate of drug-likeness (QED) is 0.247. The van der Waals surface area contributed by atoms with Crippen molar-refractivity contribution in [3.63, 3.8) is 0 Å². The summed E-state index contributed by atoms with van der Waals surface area (Å²) in [7, 11) is 0. The lowest BCUT2D eigenvalue weighted by Crippen LogP contribution is -2.22. The number of furan rings is 1. The van der Waals surface area contributed by atoms with E-state index in [0.29, 0.717) is 41.1 Å². The van der Waals surface area contributed by atoms with Gasteiger partial charge in [-0.2, -0.15) is 5.10 Å². The smallest absolute Gasteiger partial charge is 0.291 e. The van der Waals surface area contributed by atoms with Crippen molar-refractivity contribution in [3.8, 4) is 0 Å². The third kappa shape index (κ3) is 4.68. The molecule has 0 unspecified atom stereocenters. The number of hydrazone groups is 1. The van der Waals surface area contributed by atoms with Crippen LogP contribution in [0, 0.1) is 17.0 Å². The number of hydrogen-bond acceptors (Lipinski definition) is 6. The summed E-state index contributed by atoms with van der Waals surface area (Å²) in [6, 6.07) is 17.2. The first-order chi connectivity index (χ1) is 17.8. The maximum atomic E-state index is 13.2. The third-order valence-electron chi connectivity index (χ3n) is 6.27. The standard InChI is InChI=1S/C27H21ClN4O5/c1-15-24-21(30-31-26(33)17-12-13-19(28)22(14-17)32(35)36)10-5-11-23(24)37-25(15)27(34)29-20-9-4-7-16-6-2-3-8-18(16)20/h2-4,6-9,12-14H,5,10-11H2,1H3,(H,29,34)(H,31,33)/b30-21+. The molecule has 37 heavy (non-hydrogen) atoms. The van der Waals surface area contributed by atoms with E-state index in [4.69, 9.17) is 16.0 Å².